The number of nitrogens with two attached hydrogens (primary N) is 1. The predicted octanol–water partition coefficient (Wildman–Crippen LogP) is 1.50. The summed E-state index contributed by atoms with van der Waals surface area (Å²) in [6.07, 6.45) is 2.32. The van der Waals surface area contributed by atoms with Gasteiger partial charge in [-0.25, -0.2) is 0 Å². The topological polar surface area (TPSA) is 62.3 Å². The highest BCUT2D eigenvalue weighted by Crippen LogP contribution is 2.22. The molecule has 0 radical (unpaired) electrons. The Kier molecular flexibility index (Phi) is 4.92. The van der Waals surface area contributed by atoms with E-state index in [2.05, 4.69) is 11.0 Å². The van der Waals surface area contributed by atoms with E-state index in [1.54, 1.807) is 7.11 Å². The van der Waals surface area contributed by atoms with Gasteiger partial charge in [0.2, 0.25) is 0 Å². The third kappa shape index (κ3) is 3.32. The number of hydrogen-bond donors (Lipinski definition) is 1. The van der Waals surface area contributed by atoms with E-state index in [9.17, 15) is 0 Å². The molecule has 1 fully saturated rings. The lowest BCUT2D eigenvalue weighted by Crippen LogP contribution is -2.48. The number of likely N-dealkylation sites (tertiary alicyclic amines) is 1. The average molecular weight is 259 g/mol. The molecule has 0 amide bonds. The maximum Gasteiger partial charge on any atom is 0.0995 e. The van der Waals surface area contributed by atoms with Gasteiger partial charge in [0, 0.05) is 32.8 Å². The number of nitriles is 1. The van der Waals surface area contributed by atoms with Crippen LogP contribution in [0.15, 0.2) is 24.3 Å². The van der Waals surface area contributed by atoms with Crippen molar-refractivity contribution in [3.05, 3.63) is 35.4 Å². The summed E-state index contributed by atoms with van der Waals surface area (Å²) in [6, 6.07) is 10.4. The molecule has 0 bridgehead atoms. The van der Waals surface area contributed by atoms with Gasteiger partial charge in [0.1, 0.15) is 0 Å². The van der Waals surface area contributed by atoms with Crippen LogP contribution >= 0.6 is 0 Å². The minimum atomic E-state index is 0.316. The van der Waals surface area contributed by atoms with Gasteiger partial charge < -0.3 is 10.5 Å². The van der Waals surface area contributed by atoms with Gasteiger partial charge in [-0.05, 0) is 24.5 Å². The van der Waals surface area contributed by atoms with Crippen LogP contribution in [0.1, 0.15) is 24.0 Å². The first-order valence-electron chi connectivity index (χ1n) is 6.73. The van der Waals surface area contributed by atoms with Crippen LogP contribution in [0.5, 0.6) is 0 Å². The standard InChI is InChI=1S/C15H21N3O/c1-19-15-6-7-18(14(8-15)10-17)11-13-5-3-2-4-12(13)9-16/h2-5,14-15H,6-8,10-11,17H2,1H3. The summed E-state index contributed by atoms with van der Waals surface area (Å²) >= 11 is 0. The number of nitrogens with zero attached hydrogens (tertiary/aromatic N) is 2. The van der Waals surface area contributed by atoms with Gasteiger partial charge >= 0.3 is 0 Å². The highest BCUT2D eigenvalue weighted by Gasteiger charge is 2.27. The molecule has 1 aliphatic heterocycles. The molecule has 4 heteroatoms. The minimum absolute atomic E-state index is 0.316. The number of ether oxygens (including phenoxy) is 1. The predicted molar refractivity (Wildman–Crippen MR) is 74.4 cm³/mol. The highest BCUT2D eigenvalue weighted by atomic mass is 16.5. The fourth-order valence-corrected chi connectivity index (χ4v) is 2.72. The Morgan fingerprint density at radius 2 is 2.26 bits per heavy atom. The molecule has 1 saturated heterocycles. The van der Waals surface area contributed by atoms with Gasteiger partial charge in [0.05, 0.1) is 17.7 Å². The smallest absolute Gasteiger partial charge is 0.0995 e. The molecule has 1 aromatic carbocycles. The first kappa shape index (κ1) is 14.0. The number of hydrogen-bond acceptors (Lipinski definition) is 4. The lowest BCUT2D eigenvalue weighted by Gasteiger charge is -2.38. The molecule has 0 aliphatic carbocycles. The van der Waals surface area contributed by atoms with Crippen molar-refractivity contribution < 1.29 is 4.74 Å². The second-order valence-corrected chi connectivity index (χ2v) is 5.01. The summed E-state index contributed by atoms with van der Waals surface area (Å²) in [5, 5.41) is 9.14. The Morgan fingerprint density at radius 1 is 1.47 bits per heavy atom. The van der Waals surface area contributed by atoms with Crippen molar-refractivity contribution in [3.63, 3.8) is 0 Å². The maximum absolute atomic E-state index is 9.14. The van der Waals surface area contributed by atoms with Crippen LogP contribution in [0, 0.1) is 11.3 Å². The van der Waals surface area contributed by atoms with Gasteiger partial charge in [-0.3, -0.25) is 4.90 Å². The van der Waals surface area contributed by atoms with Crippen molar-refractivity contribution in [1.82, 2.24) is 4.90 Å². The SMILES string of the molecule is COC1CCN(Cc2ccccc2C#N)C(CN)C1. The zero-order valence-electron chi connectivity index (χ0n) is 11.4. The summed E-state index contributed by atoms with van der Waals surface area (Å²) in [7, 11) is 1.76. The number of benzene rings is 1. The third-order valence-electron chi connectivity index (χ3n) is 3.91. The average Bonchev–Trinajstić information content (AvgIpc) is 2.48. The first-order valence-corrected chi connectivity index (χ1v) is 6.73. The largest absolute Gasteiger partial charge is 0.381 e. The zero-order valence-corrected chi connectivity index (χ0v) is 11.4. The van der Waals surface area contributed by atoms with Crippen molar-refractivity contribution in [2.24, 2.45) is 5.73 Å². The van der Waals surface area contributed by atoms with Gasteiger partial charge in [0.25, 0.3) is 0 Å². The molecular formula is C15H21N3O. The lowest BCUT2D eigenvalue weighted by molar-refractivity contribution is 0.0102. The summed E-state index contributed by atoms with van der Waals surface area (Å²) < 4.78 is 5.43. The van der Waals surface area contributed by atoms with Crippen LogP contribution < -0.4 is 5.73 Å². The number of methoxy groups -OCH3 is 1. The van der Waals surface area contributed by atoms with Crippen LogP contribution in [0.3, 0.4) is 0 Å². The molecule has 0 aromatic heterocycles. The fraction of sp³-hybridized carbons (Fsp3) is 0.533. The molecule has 2 N–H and O–H groups in total. The molecule has 1 aliphatic rings. The Hall–Kier alpha value is -1.41. The van der Waals surface area contributed by atoms with E-state index in [1.807, 2.05) is 24.3 Å². The van der Waals surface area contributed by atoms with E-state index in [0.717, 1.165) is 37.1 Å². The second kappa shape index (κ2) is 6.67. The molecule has 1 aromatic rings. The van der Waals surface area contributed by atoms with E-state index in [4.69, 9.17) is 15.7 Å². The van der Waals surface area contributed by atoms with E-state index >= 15 is 0 Å². The van der Waals surface area contributed by atoms with Crippen LogP contribution in [-0.2, 0) is 11.3 Å². The summed E-state index contributed by atoms with van der Waals surface area (Å²) in [5.41, 5.74) is 7.71. The monoisotopic (exact) mass is 259 g/mol. The van der Waals surface area contributed by atoms with Gasteiger partial charge in [0.15, 0.2) is 0 Å². The van der Waals surface area contributed by atoms with Gasteiger partial charge in [-0.1, -0.05) is 18.2 Å². The summed E-state index contributed by atoms with van der Waals surface area (Å²) in [4.78, 5) is 2.37. The molecule has 1 heterocycles. The molecule has 0 spiro atoms. The highest BCUT2D eigenvalue weighted by molar-refractivity contribution is 5.37. The zero-order chi connectivity index (χ0) is 13.7. The van der Waals surface area contributed by atoms with E-state index in [0.29, 0.717) is 18.7 Å². The van der Waals surface area contributed by atoms with E-state index in [-0.39, 0.29) is 0 Å². The molecule has 2 unspecified atom stereocenters. The molecule has 4 nitrogen and oxygen atoms in total. The van der Waals surface area contributed by atoms with Crippen molar-refractivity contribution in [1.29, 1.82) is 5.26 Å². The van der Waals surface area contributed by atoms with Crippen molar-refractivity contribution >= 4 is 0 Å². The maximum atomic E-state index is 9.14. The molecule has 0 saturated carbocycles. The molecule has 2 atom stereocenters. The Bertz CT molecular complexity index is 455. The first-order chi connectivity index (χ1) is 9.28. The van der Waals surface area contributed by atoms with Crippen molar-refractivity contribution in [2.45, 2.75) is 31.5 Å². The molecule has 102 valence electrons. The van der Waals surface area contributed by atoms with Crippen LogP contribution in [0.2, 0.25) is 0 Å². The van der Waals surface area contributed by atoms with Gasteiger partial charge in [-0.15, -0.1) is 0 Å². The van der Waals surface area contributed by atoms with Crippen LogP contribution in [0.4, 0.5) is 0 Å². The number of piperidine rings is 1. The quantitative estimate of drug-likeness (QED) is 0.890. The summed E-state index contributed by atoms with van der Waals surface area (Å²) in [5.74, 6) is 0. The normalized spacial score (nSPS) is 24.1. The molecular weight excluding hydrogens is 238 g/mol. The molecule has 2 rings (SSSR count). The minimum Gasteiger partial charge on any atom is -0.381 e. The Morgan fingerprint density at radius 3 is 2.95 bits per heavy atom. The third-order valence-corrected chi connectivity index (χ3v) is 3.91. The Balaban J connectivity index is 2.08. The van der Waals surface area contributed by atoms with Crippen molar-refractivity contribution in [3.8, 4) is 6.07 Å². The molecule has 19 heavy (non-hydrogen) atoms. The van der Waals surface area contributed by atoms with E-state index < -0.39 is 0 Å². The van der Waals surface area contributed by atoms with Crippen molar-refractivity contribution in [2.75, 3.05) is 20.2 Å². The fourth-order valence-electron chi connectivity index (χ4n) is 2.72. The summed E-state index contributed by atoms with van der Waals surface area (Å²) in [6.45, 7) is 2.40. The van der Waals surface area contributed by atoms with Crippen LogP contribution in [0.25, 0.3) is 0 Å². The van der Waals surface area contributed by atoms with Crippen LogP contribution in [-0.4, -0.2) is 37.2 Å². The number of rotatable bonds is 4. The lowest BCUT2D eigenvalue weighted by atomic mass is 9.97. The van der Waals surface area contributed by atoms with E-state index in [1.165, 1.54) is 0 Å². The second-order valence-electron chi connectivity index (χ2n) is 5.01. The Labute approximate surface area is 114 Å². The van der Waals surface area contributed by atoms with Gasteiger partial charge in [-0.2, -0.15) is 5.26 Å².